The maximum atomic E-state index is 12.5. The van der Waals surface area contributed by atoms with Crippen molar-refractivity contribution in [2.45, 2.75) is 20.4 Å². The van der Waals surface area contributed by atoms with Gasteiger partial charge in [-0.25, -0.2) is 0 Å². The molecule has 112 valence electrons. The summed E-state index contributed by atoms with van der Waals surface area (Å²) < 4.78 is 3.02. The number of aromatic nitrogens is 1. The molecule has 1 aromatic heterocycles. The molecule has 0 atom stereocenters. The molecule has 0 aliphatic rings. The van der Waals surface area contributed by atoms with Gasteiger partial charge in [0.2, 0.25) is 0 Å². The van der Waals surface area contributed by atoms with E-state index in [1.54, 1.807) is 6.07 Å². The lowest BCUT2D eigenvalue weighted by Crippen LogP contribution is -2.16. The van der Waals surface area contributed by atoms with Gasteiger partial charge in [0, 0.05) is 12.1 Å². The van der Waals surface area contributed by atoms with E-state index in [2.05, 4.69) is 4.99 Å². The Bertz CT molecular complexity index is 924. The summed E-state index contributed by atoms with van der Waals surface area (Å²) in [5, 5.41) is 0.681. The molecular weight excluding hydrogens is 316 g/mol. The molecule has 22 heavy (non-hydrogen) atoms. The topological polar surface area (TPSA) is 34.4 Å². The largest absolute Gasteiger partial charge is 0.315 e. The minimum atomic E-state index is -0.219. The van der Waals surface area contributed by atoms with Crippen LogP contribution in [0, 0.1) is 6.92 Å². The molecule has 3 nitrogen and oxygen atoms in total. The molecule has 1 heterocycles. The second kappa shape index (κ2) is 6.07. The fourth-order valence-corrected chi connectivity index (χ4v) is 3.88. The lowest BCUT2D eigenvalue weighted by Gasteiger charge is -2.02. The Labute approximate surface area is 137 Å². The van der Waals surface area contributed by atoms with Crippen LogP contribution < -0.4 is 4.80 Å². The molecule has 1 amide bonds. The highest BCUT2D eigenvalue weighted by molar-refractivity contribution is 7.16. The predicted molar refractivity (Wildman–Crippen MR) is 91.6 cm³/mol. The Morgan fingerprint density at radius 2 is 2.00 bits per heavy atom. The first-order chi connectivity index (χ1) is 10.6. The van der Waals surface area contributed by atoms with Crippen molar-refractivity contribution in [1.29, 1.82) is 0 Å². The third kappa shape index (κ3) is 2.60. The van der Waals surface area contributed by atoms with Crippen LogP contribution in [0.3, 0.4) is 0 Å². The molecule has 0 radical (unpaired) electrons. The standard InChI is InChI=1S/C17H15ClN2OS/c1-3-20-15-13(18)9-6-10-14(15)22-17(20)19-16(21)12-8-5-4-7-11(12)2/h4-10H,3H2,1-2H3. The Balaban J connectivity index is 2.20. The molecule has 0 aliphatic carbocycles. The molecule has 0 unspecified atom stereocenters. The van der Waals surface area contributed by atoms with Gasteiger partial charge in [-0.2, -0.15) is 4.99 Å². The third-order valence-electron chi connectivity index (χ3n) is 3.54. The van der Waals surface area contributed by atoms with E-state index in [1.165, 1.54) is 11.3 Å². The summed E-state index contributed by atoms with van der Waals surface area (Å²) in [6.07, 6.45) is 0. The van der Waals surface area contributed by atoms with Crippen LogP contribution in [0.4, 0.5) is 0 Å². The zero-order chi connectivity index (χ0) is 15.7. The molecule has 0 saturated carbocycles. The number of hydrogen-bond donors (Lipinski definition) is 0. The first kappa shape index (κ1) is 15.0. The van der Waals surface area contributed by atoms with Gasteiger partial charge >= 0.3 is 0 Å². The van der Waals surface area contributed by atoms with Crippen LogP contribution in [0.5, 0.6) is 0 Å². The van der Waals surface area contributed by atoms with Crippen LogP contribution in [-0.4, -0.2) is 10.5 Å². The number of aryl methyl sites for hydroxylation is 2. The monoisotopic (exact) mass is 330 g/mol. The highest BCUT2D eigenvalue weighted by Gasteiger charge is 2.11. The van der Waals surface area contributed by atoms with Crippen molar-refractivity contribution in [3.05, 3.63) is 63.4 Å². The van der Waals surface area contributed by atoms with Crippen LogP contribution >= 0.6 is 22.9 Å². The fraction of sp³-hybridized carbons (Fsp3) is 0.176. The number of carbonyl (C=O) groups is 1. The first-order valence-electron chi connectivity index (χ1n) is 7.04. The van der Waals surface area contributed by atoms with Crippen molar-refractivity contribution < 1.29 is 4.79 Å². The molecule has 0 fully saturated rings. The number of halogens is 1. The van der Waals surface area contributed by atoms with Gasteiger partial charge in [-0.3, -0.25) is 4.79 Å². The third-order valence-corrected chi connectivity index (χ3v) is 4.89. The summed E-state index contributed by atoms with van der Waals surface area (Å²) in [6, 6.07) is 13.2. The normalized spacial score (nSPS) is 12.0. The Hall–Kier alpha value is -1.91. The second-order valence-corrected chi connectivity index (χ2v) is 6.36. The summed E-state index contributed by atoms with van der Waals surface area (Å²) in [5.41, 5.74) is 2.50. The van der Waals surface area contributed by atoms with Gasteiger partial charge in [-0.1, -0.05) is 47.2 Å². The van der Waals surface area contributed by atoms with Gasteiger partial charge in [0.1, 0.15) is 0 Å². The van der Waals surface area contributed by atoms with Crippen LogP contribution in [0.25, 0.3) is 10.2 Å². The van der Waals surface area contributed by atoms with Crippen molar-refractivity contribution in [3.8, 4) is 0 Å². The predicted octanol–water partition coefficient (Wildman–Crippen LogP) is 4.43. The van der Waals surface area contributed by atoms with Crippen LogP contribution in [-0.2, 0) is 6.54 Å². The van der Waals surface area contributed by atoms with Crippen LogP contribution in [0.2, 0.25) is 5.02 Å². The maximum Gasteiger partial charge on any atom is 0.279 e. The van der Waals surface area contributed by atoms with Crippen molar-refractivity contribution >= 4 is 39.1 Å². The van der Waals surface area contributed by atoms with E-state index in [4.69, 9.17) is 11.6 Å². The number of benzene rings is 2. The molecule has 0 N–H and O–H groups in total. The van der Waals surface area contributed by atoms with Crippen molar-refractivity contribution in [2.75, 3.05) is 0 Å². The van der Waals surface area contributed by atoms with Crippen molar-refractivity contribution in [3.63, 3.8) is 0 Å². The zero-order valence-corrected chi connectivity index (χ0v) is 13.9. The molecule has 0 spiro atoms. The number of fused-ring (bicyclic) bond motifs is 1. The summed E-state index contributed by atoms with van der Waals surface area (Å²) in [5.74, 6) is -0.219. The van der Waals surface area contributed by atoms with E-state index in [0.29, 0.717) is 21.9 Å². The first-order valence-corrected chi connectivity index (χ1v) is 8.23. The molecule has 5 heteroatoms. The van der Waals surface area contributed by atoms with Crippen molar-refractivity contribution in [2.24, 2.45) is 4.99 Å². The van der Waals surface area contributed by atoms with Gasteiger partial charge in [0.05, 0.1) is 15.2 Å². The number of hydrogen-bond acceptors (Lipinski definition) is 2. The minimum Gasteiger partial charge on any atom is -0.315 e. The number of nitrogens with zero attached hydrogens (tertiary/aromatic N) is 2. The smallest absolute Gasteiger partial charge is 0.279 e. The number of amides is 1. The number of carbonyl (C=O) groups excluding carboxylic acids is 1. The Kier molecular flexibility index (Phi) is 4.14. The fourth-order valence-electron chi connectivity index (χ4n) is 2.43. The SMILES string of the molecule is CCn1c(=NC(=O)c2ccccc2C)sc2cccc(Cl)c21. The highest BCUT2D eigenvalue weighted by Crippen LogP contribution is 2.25. The number of thiazole rings is 1. The van der Waals surface area contributed by atoms with E-state index in [9.17, 15) is 4.79 Å². The maximum absolute atomic E-state index is 12.5. The minimum absolute atomic E-state index is 0.219. The average molecular weight is 331 g/mol. The molecule has 0 bridgehead atoms. The number of para-hydroxylation sites is 1. The lowest BCUT2D eigenvalue weighted by atomic mass is 10.1. The van der Waals surface area contributed by atoms with E-state index in [1.807, 2.05) is 54.8 Å². The Morgan fingerprint density at radius 1 is 1.23 bits per heavy atom. The van der Waals surface area contributed by atoms with Gasteiger partial charge in [0.15, 0.2) is 4.80 Å². The van der Waals surface area contributed by atoms with E-state index in [0.717, 1.165) is 15.8 Å². The number of rotatable bonds is 2. The molecule has 3 aromatic rings. The van der Waals surface area contributed by atoms with Gasteiger partial charge in [0.25, 0.3) is 5.91 Å². The molecule has 0 aliphatic heterocycles. The summed E-state index contributed by atoms with van der Waals surface area (Å²) in [6.45, 7) is 4.65. The van der Waals surface area contributed by atoms with Crippen molar-refractivity contribution in [1.82, 2.24) is 4.57 Å². The summed E-state index contributed by atoms with van der Waals surface area (Å²) >= 11 is 7.77. The van der Waals surface area contributed by atoms with E-state index in [-0.39, 0.29) is 5.91 Å². The molecule has 3 rings (SSSR count). The molecule has 2 aromatic carbocycles. The van der Waals surface area contributed by atoms with Gasteiger partial charge in [-0.05, 0) is 37.6 Å². The highest BCUT2D eigenvalue weighted by atomic mass is 35.5. The van der Waals surface area contributed by atoms with E-state index >= 15 is 0 Å². The molecule has 0 saturated heterocycles. The van der Waals surface area contributed by atoms with Crippen LogP contribution in [0.15, 0.2) is 47.5 Å². The second-order valence-electron chi connectivity index (χ2n) is 4.95. The van der Waals surface area contributed by atoms with Gasteiger partial charge < -0.3 is 4.57 Å². The summed E-state index contributed by atoms with van der Waals surface area (Å²) in [4.78, 5) is 17.5. The molecular formula is C17H15ClN2OS. The zero-order valence-electron chi connectivity index (χ0n) is 12.3. The van der Waals surface area contributed by atoms with E-state index < -0.39 is 0 Å². The summed E-state index contributed by atoms with van der Waals surface area (Å²) in [7, 11) is 0. The quantitative estimate of drug-likeness (QED) is 0.684. The average Bonchev–Trinajstić information content (AvgIpc) is 2.86. The van der Waals surface area contributed by atoms with Crippen LogP contribution in [0.1, 0.15) is 22.8 Å². The lowest BCUT2D eigenvalue weighted by molar-refractivity contribution is 0.0997. The van der Waals surface area contributed by atoms with Gasteiger partial charge in [-0.15, -0.1) is 0 Å². The Morgan fingerprint density at radius 3 is 2.73 bits per heavy atom.